The molecular weight excluding hydrogens is 382 g/mol. The summed E-state index contributed by atoms with van der Waals surface area (Å²) >= 11 is 1.88. The van der Waals surface area contributed by atoms with Gasteiger partial charge in [-0.1, -0.05) is 87.5 Å². The highest BCUT2D eigenvalue weighted by molar-refractivity contribution is 7.26. The predicted octanol–water partition coefficient (Wildman–Crippen LogP) is 8.37. The average molecular weight is 408 g/mol. The maximum absolute atomic E-state index is 4.75. The summed E-state index contributed by atoms with van der Waals surface area (Å²) in [4.78, 5) is 4.75. The van der Waals surface area contributed by atoms with E-state index >= 15 is 0 Å². The zero-order valence-electron chi connectivity index (χ0n) is 17.6. The van der Waals surface area contributed by atoms with Crippen LogP contribution >= 0.6 is 11.3 Å². The van der Waals surface area contributed by atoms with Gasteiger partial charge in [-0.15, -0.1) is 11.3 Å². The molecule has 0 aliphatic heterocycles. The molecule has 0 saturated heterocycles. The quantitative estimate of drug-likeness (QED) is 0.293. The first kappa shape index (κ1) is 19.0. The van der Waals surface area contributed by atoms with Crippen LogP contribution < -0.4 is 0 Å². The zero-order chi connectivity index (χ0) is 20.7. The standard InChI is InChI=1S/C28H25NS/c1-28(2,3)18-19-15-16-29-25(17-19)24-14-8-13-23-22-12-7-11-21(26(22)30-27(23)24)20-9-5-4-6-10-20/h4-17H,18H2,1-3H3. The first-order valence-corrected chi connectivity index (χ1v) is 11.3. The topological polar surface area (TPSA) is 12.9 Å². The second-order valence-electron chi connectivity index (χ2n) is 9.12. The molecule has 0 fully saturated rings. The largest absolute Gasteiger partial charge is 0.256 e. The van der Waals surface area contributed by atoms with Crippen LogP contribution in [0.25, 0.3) is 42.6 Å². The fourth-order valence-corrected chi connectivity index (χ4v) is 5.57. The van der Waals surface area contributed by atoms with Crippen molar-refractivity contribution in [2.45, 2.75) is 27.2 Å². The van der Waals surface area contributed by atoms with Crippen LogP contribution in [0.15, 0.2) is 85.1 Å². The number of aromatic nitrogens is 1. The van der Waals surface area contributed by atoms with E-state index in [1.165, 1.54) is 42.4 Å². The first-order valence-electron chi connectivity index (χ1n) is 10.4. The molecule has 0 unspecified atom stereocenters. The monoisotopic (exact) mass is 407 g/mol. The Hall–Kier alpha value is -2.97. The van der Waals surface area contributed by atoms with Gasteiger partial charge in [-0.2, -0.15) is 0 Å². The number of thiophene rings is 1. The molecule has 0 amide bonds. The number of pyridine rings is 1. The van der Waals surface area contributed by atoms with Gasteiger partial charge < -0.3 is 0 Å². The van der Waals surface area contributed by atoms with Crippen molar-refractivity contribution >= 4 is 31.5 Å². The van der Waals surface area contributed by atoms with Gasteiger partial charge in [0.2, 0.25) is 0 Å². The lowest BCUT2D eigenvalue weighted by atomic mass is 9.88. The molecule has 2 heteroatoms. The number of fused-ring (bicyclic) bond motifs is 3. The minimum Gasteiger partial charge on any atom is -0.256 e. The van der Waals surface area contributed by atoms with Crippen molar-refractivity contribution in [2.24, 2.45) is 5.41 Å². The van der Waals surface area contributed by atoms with Gasteiger partial charge in [-0.3, -0.25) is 4.98 Å². The van der Waals surface area contributed by atoms with Crippen molar-refractivity contribution in [1.29, 1.82) is 0 Å². The molecule has 0 spiro atoms. The lowest BCUT2D eigenvalue weighted by molar-refractivity contribution is 0.411. The van der Waals surface area contributed by atoms with Crippen molar-refractivity contribution in [3.63, 3.8) is 0 Å². The normalized spacial score (nSPS) is 12.0. The van der Waals surface area contributed by atoms with E-state index in [2.05, 4.69) is 99.6 Å². The molecule has 148 valence electrons. The number of benzene rings is 3. The molecule has 0 saturated carbocycles. The molecular formula is C28H25NS. The number of rotatable bonds is 3. The molecule has 5 aromatic rings. The highest BCUT2D eigenvalue weighted by Crippen LogP contribution is 2.43. The van der Waals surface area contributed by atoms with Crippen LogP contribution in [0.4, 0.5) is 0 Å². The van der Waals surface area contributed by atoms with Gasteiger partial charge in [0.05, 0.1) is 5.69 Å². The molecule has 2 heterocycles. The maximum Gasteiger partial charge on any atom is 0.0719 e. The first-order chi connectivity index (χ1) is 14.5. The molecule has 0 aliphatic rings. The van der Waals surface area contributed by atoms with Gasteiger partial charge >= 0.3 is 0 Å². The molecule has 0 radical (unpaired) electrons. The Kier molecular flexibility index (Phi) is 4.67. The molecule has 0 atom stereocenters. The van der Waals surface area contributed by atoms with Crippen molar-refractivity contribution in [3.05, 3.63) is 90.6 Å². The summed E-state index contributed by atoms with van der Waals surface area (Å²) in [6, 6.07) is 28.4. The number of hydrogen-bond acceptors (Lipinski definition) is 2. The Morgan fingerprint density at radius 2 is 1.40 bits per heavy atom. The third kappa shape index (κ3) is 3.53. The van der Waals surface area contributed by atoms with Crippen molar-refractivity contribution in [2.75, 3.05) is 0 Å². The highest BCUT2D eigenvalue weighted by Gasteiger charge is 2.16. The Labute approximate surface area is 182 Å². The van der Waals surface area contributed by atoms with E-state index in [1.54, 1.807) is 0 Å². The zero-order valence-corrected chi connectivity index (χ0v) is 18.5. The summed E-state index contributed by atoms with van der Waals surface area (Å²) in [5, 5.41) is 2.64. The summed E-state index contributed by atoms with van der Waals surface area (Å²) in [5.41, 5.74) is 6.46. The third-order valence-electron chi connectivity index (χ3n) is 5.44. The van der Waals surface area contributed by atoms with E-state index in [9.17, 15) is 0 Å². The molecule has 1 nitrogen and oxygen atoms in total. The summed E-state index contributed by atoms with van der Waals surface area (Å²) in [6.45, 7) is 6.85. The van der Waals surface area contributed by atoms with Crippen LogP contribution in [0.1, 0.15) is 26.3 Å². The summed E-state index contributed by atoms with van der Waals surface area (Å²) in [6.07, 6.45) is 3.00. The lowest BCUT2D eigenvalue weighted by Gasteiger charge is -2.18. The second kappa shape index (κ2) is 7.37. The van der Waals surface area contributed by atoms with Gasteiger partial charge in [0.15, 0.2) is 0 Å². The van der Waals surface area contributed by atoms with Crippen LogP contribution in [-0.2, 0) is 6.42 Å². The molecule has 0 N–H and O–H groups in total. The smallest absolute Gasteiger partial charge is 0.0719 e. The van der Waals surface area contributed by atoms with E-state index in [0.717, 1.165) is 12.1 Å². The third-order valence-corrected chi connectivity index (χ3v) is 6.73. The van der Waals surface area contributed by atoms with Crippen molar-refractivity contribution < 1.29 is 0 Å². The molecule has 0 bridgehead atoms. The predicted molar refractivity (Wildman–Crippen MR) is 131 cm³/mol. The molecule has 0 aliphatic carbocycles. The van der Waals surface area contributed by atoms with Gasteiger partial charge in [0.25, 0.3) is 0 Å². The van der Waals surface area contributed by atoms with Gasteiger partial charge in [-0.05, 0) is 40.7 Å². The van der Waals surface area contributed by atoms with E-state index < -0.39 is 0 Å². The van der Waals surface area contributed by atoms with Crippen LogP contribution in [0.5, 0.6) is 0 Å². The van der Waals surface area contributed by atoms with E-state index in [4.69, 9.17) is 4.98 Å². The number of nitrogens with zero attached hydrogens (tertiary/aromatic N) is 1. The minimum atomic E-state index is 0.257. The van der Waals surface area contributed by atoms with E-state index in [-0.39, 0.29) is 5.41 Å². The molecule has 2 aromatic heterocycles. The fourth-order valence-electron chi connectivity index (χ4n) is 4.21. The van der Waals surface area contributed by atoms with Crippen molar-refractivity contribution in [3.8, 4) is 22.4 Å². The van der Waals surface area contributed by atoms with Gasteiger partial charge in [0, 0.05) is 31.9 Å². The van der Waals surface area contributed by atoms with E-state index in [0.29, 0.717) is 0 Å². The lowest BCUT2D eigenvalue weighted by Crippen LogP contribution is -2.09. The molecule has 5 rings (SSSR count). The van der Waals surface area contributed by atoms with Gasteiger partial charge in [0.1, 0.15) is 0 Å². The molecule has 30 heavy (non-hydrogen) atoms. The van der Waals surface area contributed by atoms with Crippen LogP contribution in [0.2, 0.25) is 0 Å². The van der Waals surface area contributed by atoms with Crippen LogP contribution in [0.3, 0.4) is 0 Å². The Morgan fingerprint density at radius 1 is 0.733 bits per heavy atom. The van der Waals surface area contributed by atoms with Crippen molar-refractivity contribution in [1.82, 2.24) is 4.98 Å². The van der Waals surface area contributed by atoms with E-state index in [1.807, 2.05) is 17.5 Å². The second-order valence-corrected chi connectivity index (χ2v) is 10.1. The minimum absolute atomic E-state index is 0.257. The van der Waals surface area contributed by atoms with Crippen LogP contribution in [0, 0.1) is 5.41 Å². The SMILES string of the molecule is CC(C)(C)Cc1ccnc(-c2cccc3c2sc2c(-c4ccccc4)cccc23)c1. The average Bonchev–Trinajstić information content (AvgIpc) is 3.12. The molecule has 3 aromatic carbocycles. The summed E-state index contributed by atoms with van der Waals surface area (Å²) in [7, 11) is 0. The Balaban J connectivity index is 1.71. The highest BCUT2D eigenvalue weighted by atomic mass is 32.1. The fraction of sp³-hybridized carbons (Fsp3) is 0.179. The van der Waals surface area contributed by atoms with Crippen LogP contribution in [-0.4, -0.2) is 4.98 Å². The summed E-state index contributed by atoms with van der Waals surface area (Å²) in [5.74, 6) is 0. The van der Waals surface area contributed by atoms with Gasteiger partial charge in [-0.25, -0.2) is 0 Å². The Morgan fingerprint density at radius 3 is 2.10 bits per heavy atom. The number of hydrogen-bond donors (Lipinski definition) is 0. The summed E-state index contributed by atoms with van der Waals surface area (Å²) < 4.78 is 2.66. The maximum atomic E-state index is 4.75. The Bertz CT molecular complexity index is 1340.